The van der Waals surface area contributed by atoms with E-state index in [0.717, 1.165) is 0 Å². The van der Waals surface area contributed by atoms with E-state index >= 15 is 0 Å². The summed E-state index contributed by atoms with van der Waals surface area (Å²) in [5.41, 5.74) is -11.7. The Morgan fingerprint density at radius 3 is 1.45 bits per heavy atom. The fourth-order valence-electron chi connectivity index (χ4n) is 1.33. The molecule has 3 nitrogen and oxygen atoms in total. The summed E-state index contributed by atoms with van der Waals surface area (Å²) in [7, 11) is 0. The van der Waals surface area contributed by atoms with Crippen LogP contribution in [0.2, 0.25) is 0 Å². The van der Waals surface area contributed by atoms with Crippen LogP contribution in [-0.4, -0.2) is 40.8 Å². The predicted octanol–water partition coefficient (Wildman–Crippen LogP) is 3.28. The van der Waals surface area contributed by atoms with E-state index in [1.54, 1.807) is 0 Å². The highest BCUT2D eigenvalue weighted by molar-refractivity contribution is 5.89. The zero-order chi connectivity index (χ0) is 18.4. The summed E-state index contributed by atoms with van der Waals surface area (Å²) in [6.45, 7) is 2.11. The minimum absolute atomic E-state index is 0.0322. The van der Waals surface area contributed by atoms with Gasteiger partial charge >= 0.3 is 24.5 Å². The van der Waals surface area contributed by atoms with Crippen molar-refractivity contribution in [1.29, 1.82) is 0 Å². The zero-order valence-electron chi connectivity index (χ0n) is 10.9. The Morgan fingerprint density at radius 2 is 1.23 bits per heavy atom. The molecule has 0 aromatic rings. The Labute approximate surface area is 117 Å². The second-order valence-electron chi connectivity index (χ2n) is 4.58. The number of ether oxygens (including phenoxy) is 1. The molecule has 0 amide bonds. The molecule has 0 aromatic heterocycles. The molecule has 1 N–H and O–H groups in total. The average molecular weight is 348 g/mol. The maximum atomic E-state index is 12.6. The van der Waals surface area contributed by atoms with Crippen molar-refractivity contribution >= 4 is 5.97 Å². The van der Waals surface area contributed by atoms with Gasteiger partial charge in [-0.05, 0) is 13.8 Å². The van der Waals surface area contributed by atoms with E-state index in [2.05, 4.69) is 11.3 Å². The molecule has 0 aliphatic heterocycles. The molecule has 0 aromatic carbocycles. The van der Waals surface area contributed by atoms with E-state index in [4.69, 9.17) is 5.11 Å². The van der Waals surface area contributed by atoms with E-state index < -0.39 is 41.3 Å². The second-order valence-corrected chi connectivity index (χ2v) is 4.58. The summed E-state index contributed by atoms with van der Waals surface area (Å²) < 4.78 is 115. The van der Waals surface area contributed by atoms with Crippen LogP contribution in [0.3, 0.4) is 0 Å². The van der Waals surface area contributed by atoms with Gasteiger partial charge in [-0.25, -0.2) is 4.79 Å². The van der Waals surface area contributed by atoms with Gasteiger partial charge in [0.1, 0.15) is 5.57 Å². The number of aliphatic hydroxyl groups is 1. The average Bonchev–Trinajstić information content (AvgIpc) is 2.21. The Balaban J connectivity index is 5.80. The number of carbonyl (C=O) groups excluding carboxylic acids is 1. The summed E-state index contributed by atoms with van der Waals surface area (Å²) in [6, 6.07) is 0. The Morgan fingerprint density at radius 1 is 0.909 bits per heavy atom. The van der Waals surface area contributed by atoms with Gasteiger partial charge in [0.05, 0.1) is 0 Å². The summed E-state index contributed by atoms with van der Waals surface area (Å²) >= 11 is 0. The fraction of sp³-hybridized carbons (Fsp3) is 0.700. The lowest BCUT2D eigenvalue weighted by Crippen LogP contribution is -2.70. The van der Waals surface area contributed by atoms with Crippen molar-refractivity contribution in [3.05, 3.63) is 12.2 Å². The van der Waals surface area contributed by atoms with Gasteiger partial charge < -0.3 is 9.84 Å². The first kappa shape index (κ1) is 20.5. The molecule has 0 bridgehead atoms. The molecule has 0 atom stereocenters. The fourth-order valence-corrected chi connectivity index (χ4v) is 1.33. The maximum Gasteiger partial charge on any atom is 0.430 e. The molecular weight excluding hydrogens is 339 g/mol. The van der Waals surface area contributed by atoms with Gasteiger partial charge in [-0.15, -0.1) is 0 Å². The zero-order valence-corrected chi connectivity index (χ0v) is 10.9. The quantitative estimate of drug-likeness (QED) is 0.484. The second kappa shape index (κ2) is 5.32. The number of carbonyl (C=O) groups is 1. The van der Waals surface area contributed by atoms with Gasteiger partial charge in [-0.2, -0.15) is 39.5 Å². The molecule has 0 aliphatic rings. The number of halogens is 9. The van der Waals surface area contributed by atoms with Gasteiger partial charge in [0.2, 0.25) is 0 Å². The largest absolute Gasteiger partial charge is 0.452 e. The highest BCUT2D eigenvalue weighted by atomic mass is 19.4. The third-order valence-corrected chi connectivity index (χ3v) is 2.63. The molecule has 130 valence electrons. The molecule has 0 fully saturated rings. The molecular formula is C10H9F9O3. The van der Waals surface area contributed by atoms with Crippen molar-refractivity contribution in [3.8, 4) is 0 Å². The van der Waals surface area contributed by atoms with Crippen LogP contribution in [-0.2, 0) is 9.53 Å². The first-order valence-corrected chi connectivity index (χ1v) is 5.14. The SMILES string of the molecule is C=C(C(=O)OC(C)(C)C(O)(C(F)(F)F)C(F)(F)F)C(F)(F)F. The van der Waals surface area contributed by atoms with E-state index in [0.29, 0.717) is 0 Å². The molecule has 0 heterocycles. The van der Waals surface area contributed by atoms with Crippen molar-refractivity contribution in [2.24, 2.45) is 0 Å². The van der Waals surface area contributed by atoms with Crippen LogP contribution in [0, 0.1) is 0 Å². The lowest BCUT2D eigenvalue weighted by Gasteiger charge is -2.43. The lowest BCUT2D eigenvalue weighted by molar-refractivity contribution is -0.407. The molecule has 12 heteroatoms. The van der Waals surface area contributed by atoms with E-state index in [-0.39, 0.29) is 13.8 Å². The lowest BCUT2D eigenvalue weighted by atomic mass is 9.84. The standard InChI is InChI=1S/C10H9F9O3/c1-4(7(11,12)13)5(20)22-6(2,3)8(21,9(14,15)16)10(17,18)19/h21H,1H2,2-3H3. The Bertz CT molecular complexity index is 442. The van der Waals surface area contributed by atoms with Crippen LogP contribution in [0.5, 0.6) is 0 Å². The normalized spacial score (nSPS) is 14.7. The molecule has 0 radical (unpaired) electrons. The topological polar surface area (TPSA) is 46.5 Å². The summed E-state index contributed by atoms with van der Waals surface area (Å²) in [5.74, 6) is -2.58. The molecule has 0 saturated carbocycles. The van der Waals surface area contributed by atoms with E-state index in [1.807, 2.05) is 0 Å². The number of alkyl halides is 9. The van der Waals surface area contributed by atoms with Gasteiger partial charge in [-0.1, -0.05) is 6.58 Å². The maximum absolute atomic E-state index is 12.6. The van der Waals surface area contributed by atoms with Crippen molar-refractivity contribution in [2.75, 3.05) is 0 Å². The van der Waals surface area contributed by atoms with Gasteiger partial charge in [0.25, 0.3) is 5.60 Å². The molecule has 0 spiro atoms. The molecule has 0 unspecified atom stereocenters. The van der Waals surface area contributed by atoms with Crippen molar-refractivity contribution < 1.29 is 54.2 Å². The third kappa shape index (κ3) is 3.47. The summed E-state index contributed by atoms with van der Waals surface area (Å²) in [6.07, 6.45) is -18.2. The highest BCUT2D eigenvalue weighted by Gasteiger charge is 2.78. The predicted molar refractivity (Wildman–Crippen MR) is 52.4 cm³/mol. The van der Waals surface area contributed by atoms with Crippen LogP contribution in [0.4, 0.5) is 39.5 Å². The molecule has 22 heavy (non-hydrogen) atoms. The van der Waals surface area contributed by atoms with Gasteiger partial charge in [0.15, 0.2) is 5.60 Å². The summed E-state index contributed by atoms with van der Waals surface area (Å²) in [4.78, 5) is 11.0. The van der Waals surface area contributed by atoms with Crippen LogP contribution < -0.4 is 0 Å². The first-order chi connectivity index (χ1) is 9.29. The van der Waals surface area contributed by atoms with Crippen LogP contribution in [0.15, 0.2) is 12.2 Å². The first-order valence-electron chi connectivity index (χ1n) is 5.14. The summed E-state index contributed by atoms with van der Waals surface area (Å²) in [5, 5.41) is 9.01. The van der Waals surface area contributed by atoms with E-state index in [9.17, 15) is 44.3 Å². The van der Waals surface area contributed by atoms with Crippen LogP contribution in [0.1, 0.15) is 13.8 Å². The van der Waals surface area contributed by atoms with Gasteiger partial charge in [-0.3, -0.25) is 0 Å². The minimum atomic E-state index is -6.38. The van der Waals surface area contributed by atoms with Crippen molar-refractivity contribution in [3.63, 3.8) is 0 Å². The van der Waals surface area contributed by atoms with Crippen LogP contribution >= 0.6 is 0 Å². The molecule has 0 aliphatic carbocycles. The van der Waals surface area contributed by atoms with E-state index in [1.165, 1.54) is 0 Å². The van der Waals surface area contributed by atoms with Crippen molar-refractivity contribution in [2.45, 2.75) is 43.6 Å². The minimum Gasteiger partial charge on any atom is -0.452 e. The smallest absolute Gasteiger partial charge is 0.430 e. The highest BCUT2D eigenvalue weighted by Crippen LogP contribution is 2.50. The Kier molecular flexibility index (Phi) is 4.96. The number of esters is 1. The van der Waals surface area contributed by atoms with Crippen molar-refractivity contribution in [1.82, 2.24) is 0 Å². The Hall–Kier alpha value is -1.46. The molecule has 0 rings (SSSR count). The molecule has 0 saturated heterocycles. The number of hydrogen-bond donors (Lipinski definition) is 1. The monoisotopic (exact) mass is 348 g/mol. The third-order valence-electron chi connectivity index (χ3n) is 2.63. The number of rotatable bonds is 3. The number of hydrogen-bond acceptors (Lipinski definition) is 3. The van der Waals surface area contributed by atoms with Crippen LogP contribution in [0.25, 0.3) is 0 Å². The van der Waals surface area contributed by atoms with Gasteiger partial charge in [0, 0.05) is 0 Å².